The lowest BCUT2D eigenvalue weighted by Crippen LogP contribution is -2.42. The summed E-state index contributed by atoms with van der Waals surface area (Å²) in [5.74, 6) is 0.570. The molecule has 0 saturated heterocycles. The van der Waals surface area contributed by atoms with Crippen LogP contribution in [0.5, 0.6) is 0 Å². The number of nitrogens with zero attached hydrogens (tertiary/aromatic N) is 3. The lowest BCUT2D eigenvalue weighted by molar-refractivity contribution is 0.245. The van der Waals surface area contributed by atoms with Crippen molar-refractivity contribution in [2.24, 2.45) is 0 Å². The number of carbonyl (C=O) groups is 1. The van der Waals surface area contributed by atoms with Crippen LogP contribution in [0.2, 0.25) is 0 Å². The van der Waals surface area contributed by atoms with Crippen LogP contribution >= 0.6 is 0 Å². The Morgan fingerprint density at radius 1 is 1.38 bits per heavy atom. The lowest BCUT2D eigenvalue weighted by atomic mass is 10.0. The molecule has 2 amide bonds. The molecule has 6 heteroatoms. The maximum Gasteiger partial charge on any atom is 0.322 e. The molecule has 0 bridgehead atoms. The van der Waals surface area contributed by atoms with Gasteiger partial charge in [0, 0.05) is 44.6 Å². The fourth-order valence-corrected chi connectivity index (χ4v) is 3.01. The van der Waals surface area contributed by atoms with E-state index in [4.69, 9.17) is 0 Å². The van der Waals surface area contributed by atoms with E-state index in [9.17, 15) is 9.18 Å². The van der Waals surface area contributed by atoms with Crippen LogP contribution in [-0.4, -0.2) is 31.7 Å². The molecule has 0 aliphatic carbocycles. The number of halogens is 1. The number of amides is 2. The molecule has 0 unspecified atom stereocenters. The van der Waals surface area contributed by atoms with E-state index in [0.717, 1.165) is 35.5 Å². The van der Waals surface area contributed by atoms with Crippen molar-refractivity contribution < 1.29 is 9.18 Å². The zero-order valence-corrected chi connectivity index (χ0v) is 13.9. The van der Waals surface area contributed by atoms with Gasteiger partial charge in [-0.25, -0.2) is 14.2 Å². The van der Waals surface area contributed by atoms with E-state index in [2.05, 4.69) is 10.3 Å². The average Bonchev–Trinajstić information content (AvgIpc) is 2.59. The normalized spacial score (nSPS) is 13.4. The molecule has 0 fully saturated rings. The summed E-state index contributed by atoms with van der Waals surface area (Å²) < 4.78 is 13.4. The van der Waals surface area contributed by atoms with Gasteiger partial charge in [0.15, 0.2) is 0 Å². The van der Waals surface area contributed by atoms with Gasteiger partial charge in [-0.05, 0) is 42.7 Å². The zero-order chi connectivity index (χ0) is 17.1. The molecule has 2 aromatic rings. The highest BCUT2D eigenvalue weighted by molar-refractivity contribution is 5.93. The summed E-state index contributed by atoms with van der Waals surface area (Å²) in [6.07, 6.45) is 3.36. The summed E-state index contributed by atoms with van der Waals surface area (Å²) in [6.45, 7) is 1.03. The Hall–Kier alpha value is -2.63. The number of nitrogens with one attached hydrogen (secondary N) is 1. The first-order valence-electron chi connectivity index (χ1n) is 8.01. The number of urea groups is 1. The van der Waals surface area contributed by atoms with Crippen molar-refractivity contribution in [3.8, 4) is 0 Å². The maximum atomic E-state index is 13.4. The van der Waals surface area contributed by atoms with E-state index in [-0.39, 0.29) is 11.8 Å². The Kier molecular flexibility index (Phi) is 4.64. The van der Waals surface area contributed by atoms with Crippen LogP contribution in [0.15, 0.2) is 36.5 Å². The number of hydrogen-bond donors (Lipinski definition) is 1. The highest BCUT2D eigenvalue weighted by Crippen LogP contribution is 2.27. The number of carbonyl (C=O) groups excluding carboxylic acids is 1. The molecule has 1 aromatic carbocycles. The Labute approximate surface area is 141 Å². The van der Waals surface area contributed by atoms with Gasteiger partial charge in [0.05, 0.1) is 0 Å². The highest BCUT2D eigenvalue weighted by atomic mass is 19.1. The summed E-state index contributed by atoms with van der Waals surface area (Å²) in [5.41, 5.74) is 2.62. The van der Waals surface area contributed by atoms with Crippen molar-refractivity contribution in [2.75, 3.05) is 30.4 Å². The lowest BCUT2D eigenvalue weighted by Gasteiger charge is -2.29. The van der Waals surface area contributed by atoms with Gasteiger partial charge in [0.25, 0.3) is 0 Å². The third-order valence-corrected chi connectivity index (χ3v) is 4.13. The summed E-state index contributed by atoms with van der Waals surface area (Å²) in [4.78, 5) is 20.5. The molecule has 0 atom stereocenters. The third-order valence-electron chi connectivity index (χ3n) is 4.13. The molecule has 126 valence electrons. The number of pyridine rings is 1. The van der Waals surface area contributed by atoms with Gasteiger partial charge in [-0.1, -0.05) is 6.07 Å². The van der Waals surface area contributed by atoms with Crippen molar-refractivity contribution in [2.45, 2.75) is 19.4 Å². The molecule has 2 heterocycles. The number of fused-ring (bicyclic) bond motifs is 1. The van der Waals surface area contributed by atoms with Crippen LogP contribution in [-0.2, 0) is 13.0 Å². The van der Waals surface area contributed by atoms with E-state index < -0.39 is 0 Å². The number of benzene rings is 1. The van der Waals surface area contributed by atoms with Crippen molar-refractivity contribution in [3.05, 3.63) is 53.5 Å². The molecule has 5 nitrogen and oxygen atoms in total. The van der Waals surface area contributed by atoms with Crippen LogP contribution in [0.4, 0.5) is 20.7 Å². The summed E-state index contributed by atoms with van der Waals surface area (Å²) in [6, 6.07) is 8.22. The first kappa shape index (κ1) is 16.2. The van der Waals surface area contributed by atoms with Gasteiger partial charge >= 0.3 is 6.03 Å². The average molecular weight is 328 g/mol. The predicted octanol–water partition coefficient (Wildman–Crippen LogP) is 2.95. The standard InChI is InChI=1S/C18H21FN4O/c1-22(2)17-14(5-3-9-20-17)12-21-18(24)23-10-4-6-13-11-15(19)7-8-16(13)23/h3,5,7-9,11H,4,6,10,12H2,1-2H3,(H,21,24). The van der Waals surface area contributed by atoms with Gasteiger partial charge in [-0.2, -0.15) is 0 Å². The van der Waals surface area contributed by atoms with Crippen LogP contribution in [0.3, 0.4) is 0 Å². The minimum atomic E-state index is -0.262. The quantitative estimate of drug-likeness (QED) is 0.942. The number of hydrogen-bond acceptors (Lipinski definition) is 3. The van der Waals surface area contributed by atoms with Gasteiger partial charge < -0.3 is 10.2 Å². The van der Waals surface area contributed by atoms with Gasteiger partial charge in [0.2, 0.25) is 0 Å². The summed E-state index contributed by atoms with van der Waals surface area (Å²) in [7, 11) is 3.84. The Balaban J connectivity index is 1.73. The predicted molar refractivity (Wildman–Crippen MR) is 92.9 cm³/mol. The Morgan fingerprint density at radius 3 is 3.00 bits per heavy atom. The summed E-state index contributed by atoms with van der Waals surface area (Å²) >= 11 is 0. The summed E-state index contributed by atoms with van der Waals surface area (Å²) in [5, 5.41) is 2.95. The molecule has 0 saturated carbocycles. The van der Waals surface area contributed by atoms with E-state index in [0.29, 0.717) is 13.1 Å². The van der Waals surface area contributed by atoms with E-state index >= 15 is 0 Å². The first-order chi connectivity index (χ1) is 11.6. The molecular formula is C18H21FN4O. The second kappa shape index (κ2) is 6.86. The second-order valence-electron chi connectivity index (χ2n) is 6.07. The molecule has 1 N–H and O–H groups in total. The van der Waals surface area contributed by atoms with E-state index in [1.165, 1.54) is 12.1 Å². The second-order valence-corrected chi connectivity index (χ2v) is 6.07. The Morgan fingerprint density at radius 2 is 2.21 bits per heavy atom. The van der Waals surface area contributed by atoms with Crippen LogP contribution in [0.1, 0.15) is 17.5 Å². The fraction of sp³-hybridized carbons (Fsp3) is 0.333. The smallest absolute Gasteiger partial charge is 0.322 e. The molecule has 0 spiro atoms. The van der Waals surface area contributed by atoms with Crippen molar-refractivity contribution in [1.29, 1.82) is 0 Å². The monoisotopic (exact) mass is 328 g/mol. The molecule has 1 aliphatic heterocycles. The fourth-order valence-electron chi connectivity index (χ4n) is 3.01. The van der Waals surface area contributed by atoms with Crippen LogP contribution in [0.25, 0.3) is 0 Å². The Bertz CT molecular complexity index is 748. The number of aryl methyl sites for hydroxylation is 1. The van der Waals surface area contributed by atoms with Crippen LogP contribution < -0.4 is 15.1 Å². The number of rotatable bonds is 3. The van der Waals surface area contributed by atoms with E-state index in [1.54, 1.807) is 17.2 Å². The van der Waals surface area contributed by atoms with Gasteiger partial charge in [0.1, 0.15) is 11.6 Å². The van der Waals surface area contributed by atoms with Crippen molar-refractivity contribution in [3.63, 3.8) is 0 Å². The van der Waals surface area contributed by atoms with Crippen molar-refractivity contribution in [1.82, 2.24) is 10.3 Å². The number of anilines is 2. The topological polar surface area (TPSA) is 48.5 Å². The highest BCUT2D eigenvalue weighted by Gasteiger charge is 2.22. The molecular weight excluding hydrogens is 307 g/mol. The van der Waals surface area contributed by atoms with Crippen molar-refractivity contribution >= 4 is 17.5 Å². The maximum absolute atomic E-state index is 13.4. The molecule has 1 aliphatic rings. The SMILES string of the molecule is CN(C)c1ncccc1CNC(=O)N1CCCc2cc(F)ccc21. The minimum absolute atomic E-state index is 0.170. The van der Waals surface area contributed by atoms with E-state index in [1.807, 2.05) is 31.1 Å². The third kappa shape index (κ3) is 3.32. The molecule has 0 radical (unpaired) electrons. The zero-order valence-electron chi connectivity index (χ0n) is 13.9. The molecule has 1 aromatic heterocycles. The molecule has 24 heavy (non-hydrogen) atoms. The first-order valence-corrected chi connectivity index (χ1v) is 8.01. The molecule has 3 rings (SSSR count). The largest absolute Gasteiger partial charge is 0.362 e. The number of aromatic nitrogens is 1. The van der Waals surface area contributed by atoms with Crippen LogP contribution in [0, 0.1) is 5.82 Å². The minimum Gasteiger partial charge on any atom is -0.362 e. The van der Waals surface area contributed by atoms with Gasteiger partial charge in [-0.15, -0.1) is 0 Å². The van der Waals surface area contributed by atoms with Gasteiger partial charge in [-0.3, -0.25) is 4.90 Å².